The first kappa shape index (κ1) is 15.8. The summed E-state index contributed by atoms with van der Waals surface area (Å²) in [5.41, 5.74) is 2.34. The zero-order valence-electron chi connectivity index (χ0n) is 12.2. The molecule has 0 saturated carbocycles. The van der Waals surface area contributed by atoms with E-state index in [2.05, 4.69) is 55.0 Å². The van der Waals surface area contributed by atoms with Crippen LogP contribution in [0.2, 0.25) is 0 Å². The molecule has 0 aliphatic carbocycles. The van der Waals surface area contributed by atoms with Crippen LogP contribution in [-0.4, -0.2) is 30.2 Å². The molecule has 0 heterocycles. The molecule has 1 aromatic carbocycles. The zero-order chi connectivity index (χ0) is 13.9. The molecule has 0 saturated heterocycles. The highest BCUT2D eigenvalue weighted by Crippen LogP contribution is 2.07. The van der Waals surface area contributed by atoms with Crippen LogP contribution in [0.5, 0.6) is 0 Å². The maximum Gasteiger partial charge on any atom is 0.0540 e. The highest BCUT2D eigenvalue weighted by atomic mass is 16.2. The van der Waals surface area contributed by atoms with Gasteiger partial charge in [-0.3, -0.25) is 0 Å². The quantitative estimate of drug-likeness (QED) is 0.601. The van der Waals surface area contributed by atoms with Crippen LogP contribution in [0.4, 0.5) is 0 Å². The minimum atomic E-state index is 0.133. The molecule has 0 fully saturated rings. The van der Waals surface area contributed by atoms with Gasteiger partial charge in [-0.25, -0.2) is 0 Å². The SMILES string of the molecule is CCCCCN(C)Cc1ccc(C#CCCO)cc1. The van der Waals surface area contributed by atoms with Gasteiger partial charge in [-0.1, -0.05) is 43.7 Å². The van der Waals surface area contributed by atoms with Crippen molar-refractivity contribution in [3.05, 3.63) is 35.4 Å². The molecule has 0 atom stereocenters. The summed E-state index contributed by atoms with van der Waals surface area (Å²) in [5, 5.41) is 8.67. The van der Waals surface area contributed by atoms with Crippen molar-refractivity contribution in [2.45, 2.75) is 39.2 Å². The Hall–Kier alpha value is -1.30. The molecule has 0 aliphatic rings. The minimum Gasteiger partial charge on any atom is -0.395 e. The molecular weight excluding hydrogens is 234 g/mol. The van der Waals surface area contributed by atoms with Gasteiger partial charge in [-0.2, -0.15) is 0 Å². The van der Waals surface area contributed by atoms with E-state index in [1.54, 1.807) is 0 Å². The van der Waals surface area contributed by atoms with Gasteiger partial charge < -0.3 is 10.0 Å². The Morgan fingerprint density at radius 2 is 1.89 bits per heavy atom. The summed E-state index contributed by atoms with van der Waals surface area (Å²) < 4.78 is 0. The molecule has 0 unspecified atom stereocenters. The third-order valence-electron chi connectivity index (χ3n) is 3.02. The van der Waals surface area contributed by atoms with Gasteiger partial charge in [-0.05, 0) is 37.7 Å². The van der Waals surface area contributed by atoms with E-state index in [1.807, 2.05) is 0 Å². The van der Waals surface area contributed by atoms with Gasteiger partial charge in [0.25, 0.3) is 0 Å². The fourth-order valence-electron chi connectivity index (χ4n) is 1.94. The Labute approximate surface area is 117 Å². The lowest BCUT2D eigenvalue weighted by Gasteiger charge is -2.16. The molecule has 2 heteroatoms. The predicted molar refractivity (Wildman–Crippen MR) is 80.9 cm³/mol. The molecule has 0 spiro atoms. The second kappa shape index (κ2) is 9.61. The number of unbranched alkanes of at least 4 members (excludes halogenated alkanes) is 2. The van der Waals surface area contributed by atoms with Crippen molar-refractivity contribution in [1.82, 2.24) is 4.90 Å². The summed E-state index contributed by atoms with van der Waals surface area (Å²) >= 11 is 0. The lowest BCUT2D eigenvalue weighted by molar-refractivity contribution is 0.305. The van der Waals surface area contributed by atoms with Crippen LogP contribution in [0, 0.1) is 11.8 Å². The minimum absolute atomic E-state index is 0.133. The fourth-order valence-corrected chi connectivity index (χ4v) is 1.94. The van der Waals surface area contributed by atoms with Crippen molar-refractivity contribution in [3.8, 4) is 11.8 Å². The fraction of sp³-hybridized carbons (Fsp3) is 0.529. The van der Waals surface area contributed by atoms with Crippen LogP contribution in [0.3, 0.4) is 0 Å². The van der Waals surface area contributed by atoms with Crippen molar-refractivity contribution < 1.29 is 5.11 Å². The molecule has 1 aromatic rings. The maximum absolute atomic E-state index is 8.67. The van der Waals surface area contributed by atoms with E-state index in [-0.39, 0.29) is 6.61 Å². The van der Waals surface area contributed by atoms with E-state index in [9.17, 15) is 0 Å². The Morgan fingerprint density at radius 1 is 1.16 bits per heavy atom. The average molecular weight is 259 g/mol. The van der Waals surface area contributed by atoms with Crippen LogP contribution in [0.25, 0.3) is 0 Å². The lowest BCUT2D eigenvalue weighted by atomic mass is 10.1. The van der Waals surface area contributed by atoms with Gasteiger partial charge in [0.15, 0.2) is 0 Å². The van der Waals surface area contributed by atoms with Gasteiger partial charge in [-0.15, -0.1) is 0 Å². The summed E-state index contributed by atoms with van der Waals surface area (Å²) in [6, 6.07) is 8.39. The average Bonchev–Trinajstić information content (AvgIpc) is 2.41. The van der Waals surface area contributed by atoms with Crippen LogP contribution < -0.4 is 0 Å². The molecule has 0 aromatic heterocycles. The number of aliphatic hydroxyl groups excluding tert-OH is 1. The smallest absolute Gasteiger partial charge is 0.0540 e. The molecule has 1 N–H and O–H groups in total. The molecule has 1 rings (SSSR count). The second-order valence-corrected chi connectivity index (χ2v) is 4.92. The van der Waals surface area contributed by atoms with E-state index in [0.29, 0.717) is 6.42 Å². The van der Waals surface area contributed by atoms with Crippen molar-refractivity contribution >= 4 is 0 Å². The lowest BCUT2D eigenvalue weighted by Crippen LogP contribution is -2.18. The summed E-state index contributed by atoms with van der Waals surface area (Å²) in [7, 11) is 2.17. The standard InChI is InChI=1S/C17H25NO/c1-3-4-6-13-18(2)15-17-11-9-16(10-12-17)8-5-7-14-19/h9-12,19H,3-4,6-7,13-15H2,1-2H3. The molecular formula is C17H25NO. The van der Waals surface area contributed by atoms with Gasteiger partial charge in [0.2, 0.25) is 0 Å². The number of hydrogen-bond donors (Lipinski definition) is 1. The van der Waals surface area contributed by atoms with E-state index in [0.717, 1.165) is 18.7 Å². The summed E-state index contributed by atoms with van der Waals surface area (Å²) in [6.45, 7) is 4.52. The summed E-state index contributed by atoms with van der Waals surface area (Å²) in [4.78, 5) is 2.36. The van der Waals surface area contributed by atoms with E-state index < -0.39 is 0 Å². The third-order valence-corrected chi connectivity index (χ3v) is 3.02. The van der Waals surface area contributed by atoms with Crippen molar-refractivity contribution in [2.24, 2.45) is 0 Å². The molecule has 104 valence electrons. The molecule has 0 aliphatic heterocycles. The van der Waals surface area contributed by atoms with Crippen molar-refractivity contribution in [3.63, 3.8) is 0 Å². The largest absolute Gasteiger partial charge is 0.395 e. The summed E-state index contributed by atoms with van der Waals surface area (Å²) in [5.74, 6) is 5.98. The first-order valence-corrected chi connectivity index (χ1v) is 7.13. The Kier molecular flexibility index (Phi) is 7.97. The summed E-state index contributed by atoms with van der Waals surface area (Å²) in [6.07, 6.45) is 4.40. The molecule has 0 amide bonds. The third kappa shape index (κ3) is 7.00. The number of hydrogen-bond acceptors (Lipinski definition) is 2. The first-order valence-electron chi connectivity index (χ1n) is 7.13. The van der Waals surface area contributed by atoms with Crippen molar-refractivity contribution in [1.29, 1.82) is 0 Å². The van der Waals surface area contributed by atoms with Gasteiger partial charge in [0, 0.05) is 18.5 Å². The van der Waals surface area contributed by atoms with Crippen LogP contribution in [-0.2, 0) is 6.54 Å². The van der Waals surface area contributed by atoms with Gasteiger partial charge >= 0.3 is 0 Å². The normalized spacial score (nSPS) is 10.3. The molecule has 0 bridgehead atoms. The van der Waals surface area contributed by atoms with E-state index >= 15 is 0 Å². The Morgan fingerprint density at radius 3 is 2.53 bits per heavy atom. The monoisotopic (exact) mass is 259 g/mol. The predicted octanol–water partition coefficient (Wildman–Crippen LogP) is 3.04. The number of aliphatic hydroxyl groups is 1. The topological polar surface area (TPSA) is 23.5 Å². The number of benzene rings is 1. The van der Waals surface area contributed by atoms with Crippen LogP contribution in [0.15, 0.2) is 24.3 Å². The highest BCUT2D eigenvalue weighted by Gasteiger charge is 1.99. The maximum atomic E-state index is 8.67. The Balaban J connectivity index is 2.41. The van der Waals surface area contributed by atoms with Crippen LogP contribution >= 0.6 is 0 Å². The van der Waals surface area contributed by atoms with E-state index in [1.165, 1.54) is 24.8 Å². The number of rotatable bonds is 7. The van der Waals surface area contributed by atoms with E-state index in [4.69, 9.17) is 5.11 Å². The number of nitrogens with zero attached hydrogens (tertiary/aromatic N) is 1. The van der Waals surface area contributed by atoms with Gasteiger partial charge in [0.1, 0.15) is 0 Å². The highest BCUT2D eigenvalue weighted by molar-refractivity contribution is 5.36. The molecule has 0 radical (unpaired) electrons. The van der Waals surface area contributed by atoms with Crippen LogP contribution in [0.1, 0.15) is 43.7 Å². The molecule has 2 nitrogen and oxygen atoms in total. The zero-order valence-corrected chi connectivity index (χ0v) is 12.2. The molecule has 19 heavy (non-hydrogen) atoms. The van der Waals surface area contributed by atoms with Gasteiger partial charge in [0.05, 0.1) is 6.61 Å². The second-order valence-electron chi connectivity index (χ2n) is 4.92. The Bertz CT molecular complexity index is 400. The first-order chi connectivity index (χ1) is 9.26. The van der Waals surface area contributed by atoms with Crippen molar-refractivity contribution in [2.75, 3.05) is 20.2 Å².